The Morgan fingerprint density at radius 1 is 0.837 bits per heavy atom. The molecular formula is C35H31N3O11. The molecule has 5 N–H and O–H groups in total. The Balaban J connectivity index is 0.000000225. The zero-order chi connectivity index (χ0) is 36.0. The van der Waals surface area contributed by atoms with Gasteiger partial charge in [-0.3, -0.25) is 14.9 Å². The number of aromatic nitrogens is 2. The second-order valence-corrected chi connectivity index (χ2v) is 10.5. The van der Waals surface area contributed by atoms with Crippen LogP contribution in [-0.2, 0) is 4.74 Å². The van der Waals surface area contributed by atoms with Crippen molar-refractivity contribution in [2.24, 2.45) is 0 Å². The lowest BCUT2D eigenvalue weighted by Gasteiger charge is -2.16. The van der Waals surface area contributed by atoms with Crippen LogP contribution in [0.5, 0.6) is 23.0 Å². The van der Waals surface area contributed by atoms with Gasteiger partial charge in [-0.25, -0.2) is 19.4 Å². The lowest BCUT2D eigenvalue weighted by Crippen LogP contribution is -2.14. The minimum absolute atomic E-state index is 0.0419. The Bertz CT molecular complexity index is 2100. The molecular weight excluding hydrogens is 638 g/mol. The Morgan fingerprint density at radius 3 is 2.12 bits per heavy atom. The molecule has 5 rings (SSSR count). The topological polar surface area (TPSA) is 214 Å². The minimum Gasteiger partial charge on any atom is -0.507 e. The van der Waals surface area contributed by atoms with Crippen molar-refractivity contribution in [2.75, 3.05) is 19.5 Å². The summed E-state index contributed by atoms with van der Waals surface area (Å²) >= 11 is 0. The summed E-state index contributed by atoms with van der Waals surface area (Å²) in [6.07, 6.45) is -0.261. The first-order valence-corrected chi connectivity index (χ1v) is 14.4. The van der Waals surface area contributed by atoms with Crippen molar-refractivity contribution in [2.45, 2.75) is 20.8 Å². The first-order chi connectivity index (χ1) is 23.3. The number of carbonyl (C=O) groups is 5. The summed E-state index contributed by atoms with van der Waals surface area (Å²) in [7, 11) is 2.59. The van der Waals surface area contributed by atoms with Gasteiger partial charge in [-0.1, -0.05) is 30.3 Å². The Kier molecular flexibility index (Phi) is 10.6. The third-order valence-electron chi connectivity index (χ3n) is 7.35. The monoisotopic (exact) mass is 669 g/mol. The number of aldehydes is 1. The van der Waals surface area contributed by atoms with Crippen LogP contribution in [0.15, 0.2) is 60.7 Å². The van der Waals surface area contributed by atoms with Crippen LogP contribution in [0.25, 0.3) is 11.0 Å². The van der Waals surface area contributed by atoms with Crippen LogP contribution in [0.2, 0.25) is 0 Å². The van der Waals surface area contributed by atoms with E-state index in [0.29, 0.717) is 34.0 Å². The van der Waals surface area contributed by atoms with E-state index in [1.807, 2.05) is 18.2 Å². The maximum atomic E-state index is 12.6. The fourth-order valence-electron chi connectivity index (χ4n) is 4.83. The second kappa shape index (κ2) is 14.8. The molecule has 1 heterocycles. The first-order valence-electron chi connectivity index (χ1n) is 14.4. The molecule has 49 heavy (non-hydrogen) atoms. The molecule has 0 spiro atoms. The van der Waals surface area contributed by atoms with Crippen LogP contribution >= 0.6 is 0 Å². The molecule has 0 saturated carbocycles. The van der Waals surface area contributed by atoms with Crippen LogP contribution in [0, 0.1) is 20.8 Å². The highest BCUT2D eigenvalue weighted by molar-refractivity contribution is 6.10. The summed E-state index contributed by atoms with van der Waals surface area (Å²) in [4.78, 5) is 65.9. The molecule has 0 aliphatic carbocycles. The van der Waals surface area contributed by atoms with Crippen molar-refractivity contribution in [3.63, 3.8) is 0 Å². The molecule has 252 valence electrons. The number of aryl methyl sites for hydroxylation is 2. The van der Waals surface area contributed by atoms with Gasteiger partial charge in [-0.2, -0.15) is 0 Å². The van der Waals surface area contributed by atoms with Gasteiger partial charge >= 0.3 is 18.0 Å². The van der Waals surface area contributed by atoms with Crippen molar-refractivity contribution < 1.29 is 53.5 Å². The number of esters is 1. The van der Waals surface area contributed by atoms with Crippen molar-refractivity contribution >= 4 is 47.1 Å². The quantitative estimate of drug-likeness (QED) is 0.0579. The number of aromatic amines is 1. The fraction of sp³-hybridized carbons (Fsp3) is 0.143. The largest absolute Gasteiger partial charge is 0.507 e. The number of ketones is 1. The predicted molar refractivity (Wildman–Crippen MR) is 176 cm³/mol. The van der Waals surface area contributed by atoms with E-state index >= 15 is 0 Å². The molecule has 14 nitrogen and oxygen atoms in total. The van der Waals surface area contributed by atoms with Gasteiger partial charge in [0.25, 0.3) is 0 Å². The average molecular weight is 670 g/mol. The molecule has 0 radical (unpaired) electrons. The molecule has 0 saturated heterocycles. The van der Waals surface area contributed by atoms with Gasteiger partial charge in [0.15, 0.2) is 12.1 Å². The van der Waals surface area contributed by atoms with E-state index in [2.05, 4.69) is 20.0 Å². The van der Waals surface area contributed by atoms with E-state index in [-0.39, 0.29) is 51.0 Å². The predicted octanol–water partition coefficient (Wildman–Crippen LogP) is 5.73. The van der Waals surface area contributed by atoms with E-state index in [9.17, 15) is 39.3 Å². The van der Waals surface area contributed by atoms with Gasteiger partial charge in [-0.05, 0) is 62.2 Å². The Morgan fingerprint density at radius 2 is 1.51 bits per heavy atom. The van der Waals surface area contributed by atoms with Crippen molar-refractivity contribution in [3.05, 3.63) is 105 Å². The van der Waals surface area contributed by atoms with Gasteiger partial charge in [0.05, 0.1) is 30.8 Å². The molecule has 14 heteroatoms. The van der Waals surface area contributed by atoms with E-state index < -0.39 is 29.5 Å². The molecule has 1 amide bonds. The number of fused-ring (bicyclic) bond motifs is 1. The molecule has 4 aromatic carbocycles. The summed E-state index contributed by atoms with van der Waals surface area (Å²) < 4.78 is 14.8. The van der Waals surface area contributed by atoms with Gasteiger partial charge in [0.2, 0.25) is 5.95 Å². The van der Waals surface area contributed by atoms with Crippen LogP contribution in [0.3, 0.4) is 0 Å². The second-order valence-electron chi connectivity index (χ2n) is 10.5. The zero-order valence-electron chi connectivity index (χ0n) is 26.9. The number of rotatable bonds is 8. The van der Waals surface area contributed by atoms with E-state index in [1.165, 1.54) is 47.1 Å². The number of aromatic hydroxyl groups is 2. The van der Waals surface area contributed by atoms with Crippen LogP contribution < -0.4 is 14.8 Å². The molecule has 0 unspecified atom stereocenters. The van der Waals surface area contributed by atoms with Gasteiger partial charge in [0.1, 0.15) is 34.1 Å². The number of carboxylic acid groups (broad SMARTS) is 1. The number of phenols is 2. The fourth-order valence-corrected chi connectivity index (χ4v) is 4.83. The molecule has 5 aromatic rings. The number of anilines is 1. The van der Waals surface area contributed by atoms with Crippen LogP contribution in [0.1, 0.15) is 63.7 Å². The van der Waals surface area contributed by atoms with E-state index in [0.717, 1.165) is 0 Å². The summed E-state index contributed by atoms with van der Waals surface area (Å²) in [5.74, 6) is -3.18. The number of nitrogens with zero attached hydrogens (tertiary/aromatic N) is 1. The molecule has 0 fully saturated rings. The molecule has 0 aliphatic heterocycles. The molecule has 0 aliphatic rings. The van der Waals surface area contributed by atoms with Crippen LogP contribution in [-0.4, -0.2) is 69.6 Å². The van der Waals surface area contributed by atoms with Crippen molar-refractivity contribution in [1.29, 1.82) is 0 Å². The standard InChI is InChI=1S/C19H18O8.C16H13N3O3/c1-8-5-13(26-4)11(7-20)17(22)14(8)19(25)27-12-6-9(2)16(21)15(10(12)3)18(23)24;1-22-16(21)19-15-17-12-8-7-11(9-13(12)18-15)14(20)10-5-3-2-4-6-10/h5-7,21-22H,1-4H3,(H,23,24);2-9H,1H3,(H2,17,18,19,21). The number of imidazole rings is 1. The van der Waals surface area contributed by atoms with Crippen LogP contribution in [0.4, 0.5) is 10.7 Å². The SMILES string of the molecule is COC(=O)Nc1nc2ccc(C(=O)c3ccccc3)cc2[nH]1.COc1cc(C)c(C(=O)Oc2cc(C)c(O)c(C(=O)O)c2C)c(O)c1C=O. The highest BCUT2D eigenvalue weighted by Crippen LogP contribution is 2.36. The number of hydrogen-bond acceptors (Lipinski definition) is 11. The molecule has 0 bridgehead atoms. The third-order valence-corrected chi connectivity index (χ3v) is 7.35. The number of methoxy groups -OCH3 is 2. The number of carboxylic acids is 1. The lowest BCUT2D eigenvalue weighted by atomic mass is 10.0. The van der Waals surface area contributed by atoms with Gasteiger partial charge in [-0.15, -0.1) is 0 Å². The van der Waals surface area contributed by atoms with E-state index in [1.54, 1.807) is 30.3 Å². The number of amides is 1. The highest BCUT2D eigenvalue weighted by Gasteiger charge is 2.26. The highest BCUT2D eigenvalue weighted by atomic mass is 16.5. The Hall–Kier alpha value is -6.70. The normalized spacial score (nSPS) is 10.4. The average Bonchev–Trinajstić information content (AvgIpc) is 3.48. The lowest BCUT2D eigenvalue weighted by molar-refractivity contribution is 0.0681. The summed E-state index contributed by atoms with van der Waals surface area (Å²) in [6.45, 7) is 4.35. The number of nitrogens with one attached hydrogen (secondary N) is 2. The number of carbonyl (C=O) groups excluding carboxylic acids is 4. The zero-order valence-corrected chi connectivity index (χ0v) is 26.9. The number of H-pyrrole nitrogens is 1. The maximum Gasteiger partial charge on any atom is 0.413 e. The summed E-state index contributed by atoms with van der Waals surface area (Å²) in [5.41, 5.74) is 2.17. The van der Waals surface area contributed by atoms with Gasteiger partial charge in [0, 0.05) is 16.7 Å². The van der Waals surface area contributed by atoms with Gasteiger partial charge < -0.3 is 34.5 Å². The number of hydrogen-bond donors (Lipinski definition) is 5. The van der Waals surface area contributed by atoms with E-state index in [4.69, 9.17) is 9.47 Å². The van der Waals surface area contributed by atoms with Crippen molar-refractivity contribution in [3.8, 4) is 23.0 Å². The third kappa shape index (κ3) is 7.49. The summed E-state index contributed by atoms with van der Waals surface area (Å²) in [6, 6.07) is 16.9. The summed E-state index contributed by atoms with van der Waals surface area (Å²) in [5, 5.41) is 31.9. The minimum atomic E-state index is -1.38. The number of benzene rings is 4. The molecule has 1 aromatic heterocycles. The van der Waals surface area contributed by atoms with Crippen molar-refractivity contribution in [1.82, 2.24) is 9.97 Å². The Labute approximate surface area is 278 Å². The number of aromatic carboxylic acids is 1. The maximum absolute atomic E-state index is 12.6. The smallest absolute Gasteiger partial charge is 0.413 e. The number of phenolic OH excluding ortho intramolecular Hbond substituents is 1. The molecule has 0 atom stereocenters. The first kappa shape index (κ1) is 35.2. The number of ether oxygens (including phenoxy) is 3.